The Morgan fingerprint density at radius 2 is 1.81 bits per heavy atom. The van der Waals surface area contributed by atoms with E-state index in [1.807, 2.05) is 11.8 Å². The van der Waals surface area contributed by atoms with Gasteiger partial charge in [-0.25, -0.2) is 4.98 Å². The number of hydrogen-bond acceptors (Lipinski definition) is 7. The van der Waals surface area contributed by atoms with E-state index in [-0.39, 0.29) is 51.8 Å². The zero-order valence-corrected chi connectivity index (χ0v) is 27.4. The molecule has 5 heterocycles. The van der Waals surface area contributed by atoms with E-state index in [4.69, 9.17) is 11.6 Å². The summed E-state index contributed by atoms with van der Waals surface area (Å²) in [5, 5.41) is 9.99. The average molecular weight is 693 g/mol. The monoisotopic (exact) mass is 692 g/mol. The van der Waals surface area contributed by atoms with Gasteiger partial charge in [-0.3, -0.25) is 19.1 Å². The number of nitrogens with zero attached hydrogens (tertiary/aromatic N) is 5. The molecule has 3 aliphatic rings. The van der Waals surface area contributed by atoms with Crippen LogP contribution in [-0.4, -0.2) is 98.0 Å². The molecule has 0 bridgehead atoms. The number of aromatic amines is 1. The normalized spacial score (nSPS) is 18.6. The van der Waals surface area contributed by atoms with Crippen molar-refractivity contribution in [2.45, 2.75) is 39.0 Å². The van der Waals surface area contributed by atoms with Gasteiger partial charge in [-0.05, 0) is 43.6 Å². The summed E-state index contributed by atoms with van der Waals surface area (Å²) in [5.41, 5.74) is -0.367. The van der Waals surface area contributed by atoms with Crippen molar-refractivity contribution in [3.8, 4) is 11.3 Å². The third-order valence-electron chi connectivity index (χ3n) is 8.84. The van der Waals surface area contributed by atoms with E-state index in [0.717, 1.165) is 37.4 Å². The third kappa shape index (κ3) is 7.46. The quantitative estimate of drug-likeness (QED) is 0.327. The second kappa shape index (κ2) is 13.5. The minimum Gasteiger partial charge on any atom is -0.345 e. The van der Waals surface area contributed by atoms with Crippen LogP contribution in [0, 0.1) is 11.3 Å². The Labute approximate surface area is 279 Å². The molecule has 3 saturated heterocycles. The number of piperazine rings is 1. The standard InChI is InChI=1S/C31H36ClF3N8O3S/c1-30(17-47-18-30)16-43-15-22(25(40-43)31(33,34)35)24-14-37-26(39-24)27(44)38-13-19-2-3-21(23(32)12-19)29(46)42-10-8-41(9-11-42)28(45)20-4-6-36-7-5-20/h2-3,12,14-15,20,36H,4-11,13,16-18H2,1H3,(H,37,39)(H,38,44). The average Bonchev–Trinajstić information content (AvgIpc) is 3.71. The van der Waals surface area contributed by atoms with Crippen molar-refractivity contribution in [2.24, 2.45) is 11.3 Å². The summed E-state index contributed by atoms with van der Waals surface area (Å²) in [6.45, 7) is 5.88. The topological polar surface area (TPSA) is 128 Å². The van der Waals surface area contributed by atoms with E-state index in [0.29, 0.717) is 43.9 Å². The summed E-state index contributed by atoms with van der Waals surface area (Å²) in [7, 11) is 0. The highest BCUT2D eigenvalue weighted by Crippen LogP contribution is 2.40. The maximum atomic E-state index is 13.8. The van der Waals surface area contributed by atoms with Crippen LogP contribution in [0.2, 0.25) is 5.02 Å². The van der Waals surface area contributed by atoms with Gasteiger partial charge in [-0.15, -0.1) is 0 Å². The predicted molar refractivity (Wildman–Crippen MR) is 171 cm³/mol. The Kier molecular flexibility index (Phi) is 9.59. The number of nitrogens with one attached hydrogen (secondary N) is 3. The molecule has 3 aromatic rings. The molecular formula is C31H36ClF3N8O3S. The Balaban J connectivity index is 1.04. The first-order valence-electron chi connectivity index (χ1n) is 15.5. The van der Waals surface area contributed by atoms with Gasteiger partial charge in [-0.2, -0.15) is 30.0 Å². The number of aromatic nitrogens is 4. The number of piperidine rings is 1. The van der Waals surface area contributed by atoms with Gasteiger partial charge in [0.05, 0.1) is 28.0 Å². The van der Waals surface area contributed by atoms with Crippen LogP contribution in [0.3, 0.4) is 0 Å². The molecular weight excluding hydrogens is 657 g/mol. The molecule has 0 unspecified atom stereocenters. The maximum absolute atomic E-state index is 13.8. The number of amides is 3. The largest absolute Gasteiger partial charge is 0.435 e. The number of carbonyl (C=O) groups excluding carboxylic acids is 3. The van der Waals surface area contributed by atoms with E-state index in [9.17, 15) is 27.6 Å². The van der Waals surface area contributed by atoms with E-state index >= 15 is 0 Å². The molecule has 47 heavy (non-hydrogen) atoms. The van der Waals surface area contributed by atoms with E-state index in [2.05, 4.69) is 25.7 Å². The van der Waals surface area contributed by atoms with Crippen LogP contribution >= 0.6 is 23.4 Å². The summed E-state index contributed by atoms with van der Waals surface area (Å²) in [5.74, 6) is 0.882. The van der Waals surface area contributed by atoms with Crippen molar-refractivity contribution in [2.75, 3.05) is 50.8 Å². The van der Waals surface area contributed by atoms with Crippen LogP contribution < -0.4 is 10.6 Å². The molecule has 0 radical (unpaired) electrons. The van der Waals surface area contributed by atoms with Crippen molar-refractivity contribution in [1.29, 1.82) is 0 Å². The van der Waals surface area contributed by atoms with Crippen molar-refractivity contribution in [1.82, 2.24) is 40.2 Å². The number of benzene rings is 1. The molecule has 11 nitrogen and oxygen atoms in total. The van der Waals surface area contributed by atoms with Crippen molar-refractivity contribution >= 4 is 41.1 Å². The number of carbonyl (C=O) groups is 3. The highest BCUT2D eigenvalue weighted by molar-refractivity contribution is 8.00. The summed E-state index contributed by atoms with van der Waals surface area (Å²) in [6.07, 6.45) is -0.496. The van der Waals surface area contributed by atoms with E-state index < -0.39 is 17.8 Å². The van der Waals surface area contributed by atoms with Crippen LogP contribution in [-0.2, 0) is 24.1 Å². The van der Waals surface area contributed by atoms with Crippen LogP contribution in [0.4, 0.5) is 13.2 Å². The second-order valence-electron chi connectivity index (χ2n) is 12.7. The summed E-state index contributed by atoms with van der Waals surface area (Å²) in [6, 6.07) is 4.86. The lowest BCUT2D eigenvalue weighted by molar-refractivity contribution is -0.141. The zero-order chi connectivity index (χ0) is 33.3. The number of rotatable bonds is 8. The Hall–Kier alpha value is -3.56. The van der Waals surface area contributed by atoms with Crippen LogP contribution in [0.25, 0.3) is 11.3 Å². The number of imidazole rings is 1. The third-order valence-corrected chi connectivity index (χ3v) is 11.0. The Bertz CT molecular complexity index is 1640. The molecule has 16 heteroatoms. The molecule has 3 N–H and O–H groups in total. The zero-order valence-electron chi connectivity index (χ0n) is 25.8. The van der Waals surface area contributed by atoms with E-state index in [1.54, 1.807) is 34.9 Å². The minimum absolute atomic E-state index is 0.0317. The number of hydrogen-bond donors (Lipinski definition) is 3. The Morgan fingerprint density at radius 3 is 2.45 bits per heavy atom. The lowest BCUT2D eigenvalue weighted by Gasteiger charge is -2.37. The number of H-pyrrole nitrogens is 1. The predicted octanol–water partition coefficient (Wildman–Crippen LogP) is 3.91. The number of halogens is 4. The molecule has 3 amide bonds. The molecule has 3 aliphatic heterocycles. The minimum atomic E-state index is -4.68. The lowest BCUT2D eigenvalue weighted by atomic mass is 9.95. The Morgan fingerprint density at radius 1 is 1.11 bits per heavy atom. The summed E-state index contributed by atoms with van der Waals surface area (Å²) < 4.78 is 42.8. The fourth-order valence-electron chi connectivity index (χ4n) is 6.15. The van der Waals surface area contributed by atoms with Gasteiger partial charge in [0.2, 0.25) is 5.91 Å². The van der Waals surface area contributed by atoms with Crippen molar-refractivity contribution in [3.63, 3.8) is 0 Å². The van der Waals surface area contributed by atoms with Gasteiger partial charge in [0.1, 0.15) is 0 Å². The van der Waals surface area contributed by atoms with Crippen molar-refractivity contribution in [3.05, 3.63) is 58.3 Å². The molecule has 252 valence electrons. The van der Waals surface area contributed by atoms with Gasteiger partial charge < -0.3 is 25.4 Å². The summed E-state index contributed by atoms with van der Waals surface area (Å²) in [4.78, 5) is 49.2. The van der Waals surface area contributed by atoms with Gasteiger partial charge >= 0.3 is 6.18 Å². The molecule has 0 atom stereocenters. The smallest absolute Gasteiger partial charge is 0.345 e. The first kappa shape index (κ1) is 33.3. The highest BCUT2D eigenvalue weighted by Gasteiger charge is 2.40. The maximum Gasteiger partial charge on any atom is 0.435 e. The van der Waals surface area contributed by atoms with Crippen LogP contribution in [0.1, 0.15) is 52.0 Å². The molecule has 0 aliphatic carbocycles. The van der Waals surface area contributed by atoms with Crippen LogP contribution in [0.15, 0.2) is 30.6 Å². The lowest BCUT2D eigenvalue weighted by Crippen LogP contribution is -2.52. The first-order chi connectivity index (χ1) is 22.4. The molecule has 0 saturated carbocycles. The molecule has 0 spiro atoms. The first-order valence-corrected chi connectivity index (χ1v) is 17.1. The van der Waals surface area contributed by atoms with Gasteiger partial charge in [0, 0.05) is 68.3 Å². The number of thioether (sulfide) groups is 1. The van der Waals surface area contributed by atoms with Gasteiger partial charge in [0.25, 0.3) is 11.8 Å². The SMILES string of the molecule is CC1(Cn2cc(-c3cnc(C(=O)NCc4ccc(C(=O)N5CCN(C(=O)C6CCNCC6)CC5)c(Cl)c4)[nH]3)c(C(F)(F)F)n2)CSC1. The number of alkyl halides is 3. The van der Waals surface area contributed by atoms with Gasteiger partial charge in [-0.1, -0.05) is 24.6 Å². The molecule has 6 rings (SSSR count). The second-order valence-corrected chi connectivity index (χ2v) is 14.1. The van der Waals surface area contributed by atoms with Gasteiger partial charge in [0.15, 0.2) is 11.5 Å². The fraction of sp³-hybridized carbons (Fsp3) is 0.516. The fourth-order valence-corrected chi connectivity index (χ4v) is 7.52. The highest BCUT2D eigenvalue weighted by atomic mass is 35.5. The summed E-state index contributed by atoms with van der Waals surface area (Å²) >= 11 is 8.22. The van der Waals surface area contributed by atoms with Crippen molar-refractivity contribution < 1.29 is 27.6 Å². The molecule has 1 aromatic carbocycles. The molecule has 2 aromatic heterocycles. The van der Waals surface area contributed by atoms with Crippen LogP contribution in [0.5, 0.6) is 0 Å². The molecule has 3 fully saturated rings. The van der Waals surface area contributed by atoms with E-state index in [1.165, 1.54) is 17.1 Å².